The van der Waals surface area contributed by atoms with Crippen LogP contribution in [0.25, 0.3) is 0 Å². The van der Waals surface area contributed by atoms with E-state index in [9.17, 15) is 17.6 Å². The highest BCUT2D eigenvalue weighted by atomic mass is 32.2. The zero-order valence-electron chi connectivity index (χ0n) is 16.1. The molecule has 0 bridgehead atoms. The normalized spacial score (nSPS) is 12.4. The van der Waals surface area contributed by atoms with Gasteiger partial charge in [0, 0.05) is 17.5 Å². The predicted molar refractivity (Wildman–Crippen MR) is 109 cm³/mol. The lowest BCUT2D eigenvalue weighted by Crippen LogP contribution is -2.19. The van der Waals surface area contributed by atoms with Crippen LogP contribution >= 0.6 is 0 Å². The molecule has 0 unspecified atom stereocenters. The van der Waals surface area contributed by atoms with Crippen LogP contribution in [-0.4, -0.2) is 21.3 Å². The van der Waals surface area contributed by atoms with E-state index >= 15 is 0 Å². The quantitative estimate of drug-likeness (QED) is 0.516. The number of Topliss-reactive ketones (excluding diaryl/α,β-unsaturated/α-hetero) is 1. The van der Waals surface area contributed by atoms with Crippen LogP contribution in [0.5, 0.6) is 5.75 Å². The number of ether oxygens (including phenoxy) is 1. The van der Waals surface area contributed by atoms with Gasteiger partial charge in [0.15, 0.2) is 15.6 Å². The van der Waals surface area contributed by atoms with Crippen LogP contribution in [0.1, 0.15) is 33.2 Å². The maximum atomic E-state index is 14.5. The van der Waals surface area contributed by atoms with Crippen LogP contribution in [0.4, 0.5) is 4.39 Å². The predicted octanol–water partition coefficient (Wildman–Crippen LogP) is 4.93. The van der Waals surface area contributed by atoms with E-state index in [-0.39, 0.29) is 16.9 Å². The average Bonchev–Trinajstić information content (AvgIpc) is 2.72. The Kier molecular flexibility index (Phi) is 6.13. The van der Waals surface area contributed by atoms with Gasteiger partial charge >= 0.3 is 0 Å². The summed E-state index contributed by atoms with van der Waals surface area (Å²) in [5.41, 5.74) is 1.19. The largest absolute Gasteiger partial charge is 0.497 e. The summed E-state index contributed by atoms with van der Waals surface area (Å²) in [4.78, 5) is 12.9. The summed E-state index contributed by atoms with van der Waals surface area (Å²) in [6, 6.07) is 18.4. The molecule has 4 nitrogen and oxygen atoms in total. The van der Waals surface area contributed by atoms with Crippen molar-refractivity contribution in [2.45, 2.75) is 23.5 Å². The number of hydrogen-bond donors (Lipinski definition) is 0. The molecule has 0 heterocycles. The Labute approximate surface area is 169 Å². The minimum Gasteiger partial charge on any atom is -0.497 e. The average molecular weight is 412 g/mol. The van der Waals surface area contributed by atoms with Gasteiger partial charge in [0.2, 0.25) is 0 Å². The molecule has 0 saturated carbocycles. The van der Waals surface area contributed by atoms with Gasteiger partial charge in [-0.25, -0.2) is 12.8 Å². The maximum Gasteiger partial charge on any atom is 0.185 e. The highest BCUT2D eigenvalue weighted by molar-refractivity contribution is 7.91. The van der Waals surface area contributed by atoms with Gasteiger partial charge in [0.1, 0.15) is 16.8 Å². The Morgan fingerprint density at radius 2 is 1.69 bits per heavy atom. The molecule has 1 atom stereocenters. The van der Waals surface area contributed by atoms with Crippen LogP contribution in [0.15, 0.2) is 77.7 Å². The summed E-state index contributed by atoms with van der Waals surface area (Å²) in [6.07, 6.45) is -0.385. The fourth-order valence-electron chi connectivity index (χ4n) is 3.10. The van der Waals surface area contributed by atoms with Crippen molar-refractivity contribution in [1.82, 2.24) is 0 Å². The summed E-state index contributed by atoms with van der Waals surface area (Å²) in [5.74, 6) is -0.584. The van der Waals surface area contributed by atoms with Crippen molar-refractivity contribution < 1.29 is 22.3 Å². The minimum atomic E-state index is -4.00. The summed E-state index contributed by atoms with van der Waals surface area (Å²) >= 11 is 0. The second-order valence-corrected chi connectivity index (χ2v) is 8.86. The molecule has 0 saturated heterocycles. The first kappa shape index (κ1) is 20.7. The second kappa shape index (κ2) is 8.57. The first-order chi connectivity index (χ1) is 13.8. The smallest absolute Gasteiger partial charge is 0.185 e. The van der Waals surface area contributed by atoms with Crippen molar-refractivity contribution in [3.8, 4) is 5.75 Å². The number of aryl methyl sites for hydroxylation is 1. The van der Waals surface area contributed by atoms with Gasteiger partial charge in [-0.15, -0.1) is 0 Å². The van der Waals surface area contributed by atoms with Gasteiger partial charge < -0.3 is 4.74 Å². The third kappa shape index (κ3) is 4.54. The molecule has 3 rings (SSSR count). The Morgan fingerprint density at radius 3 is 2.34 bits per heavy atom. The first-order valence-electron chi connectivity index (χ1n) is 9.05. The van der Waals surface area contributed by atoms with Gasteiger partial charge in [0.25, 0.3) is 0 Å². The summed E-state index contributed by atoms with van der Waals surface area (Å²) in [7, 11) is -2.52. The van der Waals surface area contributed by atoms with Crippen molar-refractivity contribution >= 4 is 15.6 Å². The molecule has 29 heavy (non-hydrogen) atoms. The van der Waals surface area contributed by atoms with Crippen LogP contribution in [-0.2, 0) is 9.84 Å². The van der Waals surface area contributed by atoms with E-state index < -0.39 is 26.7 Å². The number of hydrogen-bond acceptors (Lipinski definition) is 4. The number of benzene rings is 3. The molecule has 0 aliphatic heterocycles. The molecular formula is C23H21FO4S. The third-order valence-electron chi connectivity index (χ3n) is 4.74. The van der Waals surface area contributed by atoms with Crippen molar-refractivity contribution in [2.24, 2.45) is 0 Å². The number of methoxy groups -OCH3 is 1. The lowest BCUT2D eigenvalue weighted by molar-refractivity contribution is 0.0980. The number of carbonyl (C=O) groups is 1. The second-order valence-electron chi connectivity index (χ2n) is 6.73. The fourth-order valence-corrected chi connectivity index (χ4v) is 4.84. The van der Waals surface area contributed by atoms with Crippen LogP contribution < -0.4 is 4.74 Å². The molecule has 0 radical (unpaired) electrons. The van der Waals surface area contributed by atoms with Crippen molar-refractivity contribution in [1.29, 1.82) is 0 Å². The van der Waals surface area contributed by atoms with Crippen molar-refractivity contribution in [2.75, 3.05) is 7.11 Å². The molecular weight excluding hydrogens is 391 g/mol. The Balaban J connectivity index is 2.05. The molecule has 0 spiro atoms. The van der Waals surface area contributed by atoms with Gasteiger partial charge in [0.05, 0.1) is 12.0 Å². The van der Waals surface area contributed by atoms with Crippen molar-refractivity contribution in [3.05, 3.63) is 95.3 Å². The highest BCUT2D eigenvalue weighted by Crippen LogP contribution is 2.34. The van der Waals surface area contributed by atoms with E-state index in [1.807, 2.05) is 6.92 Å². The molecule has 0 aliphatic rings. The van der Waals surface area contributed by atoms with E-state index in [0.717, 1.165) is 5.56 Å². The Bertz CT molecular complexity index is 1120. The van der Waals surface area contributed by atoms with E-state index in [1.165, 1.54) is 37.4 Å². The lowest BCUT2D eigenvalue weighted by atomic mass is 10.0. The molecule has 0 N–H and O–H groups in total. The SMILES string of the molecule is COc1cccc(C(=O)C[C@H](c2ccccc2F)S(=O)(=O)c2ccc(C)cc2)c1. The number of sulfone groups is 1. The zero-order valence-corrected chi connectivity index (χ0v) is 16.9. The monoisotopic (exact) mass is 412 g/mol. The zero-order chi connectivity index (χ0) is 21.0. The topological polar surface area (TPSA) is 60.4 Å². The molecule has 0 amide bonds. The van der Waals surface area contributed by atoms with Gasteiger partial charge in [-0.3, -0.25) is 4.79 Å². The molecule has 150 valence electrons. The van der Waals surface area contributed by atoms with Gasteiger partial charge in [-0.2, -0.15) is 0 Å². The lowest BCUT2D eigenvalue weighted by Gasteiger charge is -2.19. The summed E-state index contributed by atoms with van der Waals surface area (Å²) < 4.78 is 46.3. The first-order valence-corrected chi connectivity index (χ1v) is 10.6. The molecule has 3 aromatic rings. The van der Waals surface area contributed by atoms with Crippen molar-refractivity contribution in [3.63, 3.8) is 0 Å². The van der Waals surface area contributed by atoms with E-state index in [2.05, 4.69) is 0 Å². The molecule has 0 fully saturated rings. The van der Waals surface area contributed by atoms with E-state index in [0.29, 0.717) is 11.3 Å². The fraction of sp³-hybridized carbons (Fsp3) is 0.174. The third-order valence-corrected chi connectivity index (χ3v) is 6.84. The van der Waals surface area contributed by atoms with Crippen LogP contribution in [0, 0.1) is 12.7 Å². The number of rotatable bonds is 7. The summed E-state index contributed by atoms with van der Waals surface area (Å²) in [5, 5.41) is -1.34. The standard InChI is InChI=1S/C23H21FO4S/c1-16-10-12-19(13-11-16)29(26,27)23(20-8-3-4-9-21(20)24)15-22(25)17-6-5-7-18(14-17)28-2/h3-14,23H,15H2,1-2H3/t23-/m1/s1. The molecule has 0 aromatic heterocycles. The van der Waals surface area contributed by atoms with Gasteiger partial charge in [-0.05, 0) is 37.3 Å². The minimum absolute atomic E-state index is 0.0238. The van der Waals surface area contributed by atoms with Crippen LogP contribution in [0.2, 0.25) is 0 Å². The molecule has 3 aromatic carbocycles. The van der Waals surface area contributed by atoms with E-state index in [1.54, 1.807) is 42.5 Å². The number of carbonyl (C=O) groups excluding carboxylic acids is 1. The molecule has 0 aliphatic carbocycles. The number of ketones is 1. The van der Waals surface area contributed by atoms with Gasteiger partial charge in [-0.1, -0.05) is 48.0 Å². The Hall–Kier alpha value is -2.99. The summed E-state index contributed by atoms with van der Waals surface area (Å²) in [6.45, 7) is 1.84. The number of halogens is 1. The maximum absolute atomic E-state index is 14.5. The van der Waals surface area contributed by atoms with Crippen LogP contribution in [0.3, 0.4) is 0 Å². The Morgan fingerprint density at radius 1 is 1.00 bits per heavy atom. The van der Waals surface area contributed by atoms with E-state index in [4.69, 9.17) is 4.74 Å². The molecule has 6 heteroatoms. The highest BCUT2D eigenvalue weighted by Gasteiger charge is 2.33.